The highest BCUT2D eigenvalue weighted by molar-refractivity contribution is 5.45. The SMILES string of the molecule is CCCCOc1cc(C#N)cc(C#N)c1. The van der Waals surface area contributed by atoms with E-state index in [0.29, 0.717) is 23.5 Å². The van der Waals surface area contributed by atoms with Crippen LogP contribution in [0.5, 0.6) is 5.75 Å². The molecule has 0 radical (unpaired) electrons. The highest BCUT2D eigenvalue weighted by Gasteiger charge is 2.00. The summed E-state index contributed by atoms with van der Waals surface area (Å²) in [4.78, 5) is 0. The van der Waals surface area contributed by atoms with E-state index in [0.717, 1.165) is 12.8 Å². The van der Waals surface area contributed by atoms with E-state index >= 15 is 0 Å². The molecule has 0 unspecified atom stereocenters. The second-order valence-electron chi connectivity index (χ2n) is 3.17. The molecular formula is C12H12N2O. The zero-order chi connectivity index (χ0) is 11.1. The van der Waals surface area contributed by atoms with Crippen LogP contribution in [0.1, 0.15) is 30.9 Å². The van der Waals surface area contributed by atoms with Gasteiger partial charge in [-0.05, 0) is 24.6 Å². The Labute approximate surface area is 89.5 Å². The molecule has 0 aromatic heterocycles. The smallest absolute Gasteiger partial charge is 0.121 e. The maximum absolute atomic E-state index is 8.74. The number of benzene rings is 1. The number of nitriles is 2. The second kappa shape index (κ2) is 5.67. The highest BCUT2D eigenvalue weighted by Crippen LogP contribution is 2.16. The number of hydrogen-bond donors (Lipinski definition) is 0. The predicted octanol–water partition coefficient (Wildman–Crippen LogP) is 2.61. The van der Waals surface area contributed by atoms with Crippen molar-refractivity contribution in [1.82, 2.24) is 0 Å². The predicted molar refractivity (Wildman–Crippen MR) is 56.3 cm³/mol. The van der Waals surface area contributed by atoms with E-state index < -0.39 is 0 Å². The number of nitrogens with zero attached hydrogens (tertiary/aromatic N) is 2. The van der Waals surface area contributed by atoms with Crippen LogP contribution < -0.4 is 4.74 Å². The fourth-order valence-electron chi connectivity index (χ4n) is 1.15. The molecule has 0 aliphatic rings. The number of ether oxygens (including phenoxy) is 1. The summed E-state index contributed by atoms with van der Waals surface area (Å²) < 4.78 is 5.43. The molecule has 1 aromatic rings. The van der Waals surface area contributed by atoms with E-state index in [1.165, 1.54) is 0 Å². The van der Waals surface area contributed by atoms with E-state index in [2.05, 4.69) is 6.92 Å². The van der Waals surface area contributed by atoms with E-state index in [9.17, 15) is 0 Å². The summed E-state index contributed by atoms with van der Waals surface area (Å²) in [7, 11) is 0. The van der Waals surface area contributed by atoms with Crippen molar-refractivity contribution in [3.63, 3.8) is 0 Å². The average molecular weight is 200 g/mol. The average Bonchev–Trinajstić information content (AvgIpc) is 2.29. The van der Waals surface area contributed by atoms with Gasteiger partial charge in [0.1, 0.15) is 5.75 Å². The fraction of sp³-hybridized carbons (Fsp3) is 0.333. The molecule has 0 spiro atoms. The molecule has 76 valence electrons. The van der Waals surface area contributed by atoms with Gasteiger partial charge in [-0.2, -0.15) is 10.5 Å². The second-order valence-corrected chi connectivity index (χ2v) is 3.17. The molecule has 0 saturated heterocycles. The molecule has 1 aromatic carbocycles. The lowest BCUT2D eigenvalue weighted by molar-refractivity contribution is 0.309. The first-order chi connectivity index (χ1) is 7.30. The Morgan fingerprint density at radius 2 is 1.73 bits per heavy atom. The summed E-state index contributed by atoms with van der Waals surface area (Å²) in [5.41, 5.74) is 0.918. The van der Waals surface area contributed by atoms with Crippen molar-refractivity contribution >= 4 is 0 Å². The van der Waals surface area contributed by atoms with Crippen molar-refractivity contribution in [2.24, 2.45) is 0 Å². The maximum atomic E-state index is 8.74. The van der Waals surface area contributed by atoms with Crippen molar-refractivity contribution in [2.45, 2.75) is 19.8 Å². The van der Waals surface area contributed by atoms with Gasteiger partial charge in [0.15, 0.2) is 0 Å². The van der Waals surface area contributed by atoms with Crippen LogP contribution in [0.3, 0.4) is 0 Å². The molecule has 0 fully saturated rings. The first-order valence-electron chi connectivity index (χ1n) is 4.88. The Balaban J connectivity index is 2.80. The van der Waals surface area contributed by atoms with Crippen LogP contribution in [0.15, 0.2) is 18.2 Å². The minimum atomic E-state index is 0.459. The molecule has 0 aliphatic carbocycles. The third-order valence-corrected chi connectivity index (χ3v) is 1.93. The molecule has 1 rings (SSSR count). The van der Waals surface area contributed by atoms with Gasteiger partial charge in [-0.25, -0.2) is 0 Å². The van der Waals surface area contributed by atoms with Crippen LogP contribution in [0.25, 0.3) is 0 Å². The van der Waals surface area contributed by atoms with Gasteiger partial charge in [0.2, 0.25) is 0 Å². The van der Waals surface area contributed by atoms with Gasteiger partial charge in [0, 0.05) is 0 Å². The number of hydrogen-bond acceptors (Lipinski definition) is 3. The number of rotatable bonds is 4. The molecule has 0 saturated carbocycles. The Hall–Kier alpha value is -2.00. The van der Waals surface area contributed by atoms with Crippen molar-refractivity contribution in [2.75, 3.05) is 6.61 Å². The fourth-order valence-corrected chi connectivity index (χ4v) is 1.15. The van der Waals surface area contributed by atoms with Crippen LogP contribution in [0.2, 0.25) is 0 Å². The maximum Gasteiger partial charge on any atom is 0.121 e. The van der Waals surface area contributed by atoms with Gasteiger partial charge < -0.3 is 4.74 Å². The Morgan fingerprint density at radius 1 is 1.13 bits per heavy atom. The summed E-state index contributed by atoms with van der Waals surface area (Å²) in [6, 6.07) is 8.85. The minimum Gasteiger partial charge on any atom is -0.494 e. The van der Waals surface area contributed by atoms with Gasteiger partial charge in [-0.1, -0.05) is 13.3 Å². The Bertz CT molecular complexity index is 380. The lowest BCUT2D eigenvalue weighted by Crippen LogP contribution is -1.97. The highest BCUT2D eigenvalue weighted by atomic mass is 16.5. The van der Waals surface area contributed by atoms with E-state index in [1.807, 2.05) is 12.1 Å². The number of unbranched alkanes of at least 4 members (excludes halogenated alkanes) is 1. The molecule has 0 N–H and O–H groups in total. The van der Waals surface area contributed by atoms with Crippen molar-refractivity contribution in [3.05, 3.63) is 29.3 Å². The van der Waals surface area contributed by atoms with Gasteiger partial charge in [0.25, 0.3) is 0 Å². The van der Waals surface area contributed by atoms with Gasteiger partial charge in [0.05, 0.1) is 29.9 Å². The molecule has 0 heterocycles. The zero-order valence-corrected chi connectivity index (χ0v) is 8.66. The quantitative estimate of drug-likeness (QED) is 0.702. The van der Waals surface area contributed by atoms with Crippen LogP contribution in [0.4, 0.5) is 0 Å². The van der Waals surface area contributed by atoms with Crippen LogP contribution in [-0.2, 0) is 0 Å². The summed E-state index contributed by atoms with van der Waals surface area (Å²) in [6.45, 7) is 2.70. The van der Waals surface area contributed by atoms with Crippen LogP contribution in [-0.4, -0.2) is 6.61 Å². The molecular weight excluding hydrogens is 188 g/mol. The van der Waals surface area contributed by atoms with Gasteiger partial charge in [-0.15, -0.1) is 0 Å². The molecule has 0 aliphatic heterocycles. The molecule has 3 heteroatoms. The summed E-state index contributed by atoms with van der Waals surface area (Å²) in [5, 5.41) is 17.5. The van der Waals surface area contributed by atoms with E-state index in [-0.39, 0.29) is 0 Å². The lowest BCUT2D eigenvalue weighted by atomic mass is 10.1. The van der Waals surface area contributed by atoms with Gasteiger partial charge >= 0.3 is 0 Å². The lowest BCUT2D eigenvalue weighted by Gasteiger charge is -2.05. The summed E-state index contributed by atoms with van der Waals surface area (Å²) >= 11 is 0. The van der Waals surface area contributed by atoms with E-state index in [4.69, 9.17) is 15.3 Å². The van der Waals surface area contributed by atoms with Crippen molar-refractivity contribution < 1.29 is 4.74 Å². The summed E-state index contributed by atoms with van der Waals surface area (Å²) in [6.07, 6.45) is 2.03. The Morgan fingerprint density at radius 3 is 2.20 bits per heavy atom. The summed E-state index contributed by atoms with van der Waals surface area (Å²) in [5.74, 6) is 0.596. The van der Waals surface area contributed by atoms with Gasteiger partial charge in [-0.3, -0.25) is 0 Å². The first kappa shape index (κ1) is 11.1. The monoisotopic (exact) mass is 200 g/mol. The topological polar surface area (TPSA) is 56.8 Å². The van der Waals surface area contributed by atoms with Crippen molar-refractivity contribution in [1.29, 1.82) is 10.5 Å². The molecule has 0 amide bonds. The largest absolute Gasteiger partial charge is 0.494 e. The standard InChI is InChI=1S/C12H12N2O/c1-2-3-4-15-12-6-10(8-13)5-11(7-12)9-14/h5-7H,2-4H2,1H3. The Kier molecular flexibility index (Phi) is 4.19. The molecule has 0 atom stereocenters. The zero-order valence-electron chi connectivity index (χ0n) is 8.66. The normalized spacial score (nSPS) is 9.00. The van der Waals surface area contributed by atoms with Crippen LogP contribution in [0, 0.1) is 22.7 Å². The van der Waals surface area contributed by atoms with Crippen LogP contribution >= 0.6 is 0 Å². The first-order valence-corrected chi connectivity index (χ1v) is 4.88. The molecule has 0 bridgehead atoms. The minimum absolute atomic E-state index is 0.459. The third-order valence-electron chi connectivity index (χ3n) is 1.93. The molecule has 3 nitrogen and oxygen atoms in total. The van der Waals surface area contributed by atoms with Crippen molar-refractivity contribution in [3.8, 4) is 17.9 Å². The third kappa shape index (κ3) is 3.32. The molecule has 15 heavy (non-hydrogen) atoms. The van der Waals surface area contributed by atoms with E-state index in [1.54, 1.807) is 18.2 Å².